The lowest BCUT2D eigenvalue weighted by Gasteiger charge is -2.23. The van der Waals surface area contributed by atoms with Crippen molar-refractivity contribution >= 4 is 17.5 Å². The minimum atomic E-state index is -0.771. The van der Waals surface area contributed by atoms with Gasteiger partial charge in [0.05, 0.1) is 6.04 Å². The molecular formula is C18H18FN3O2. The van der Waals surface area contributed by atoms with Crippen LogP contribution in [0.3, 0.4) is 0 Å². The Bertz CT molecular complexity index is 776. The summed E-state index contributed by atoms with van der Waals surface area (Å²) in [6.45, 7) is -0.223. The molecule has 0 spiro atoms. The van der Waals surface area contributed by atoms with Crippen LogP contribution in [-0.4, -0.2) is 24.4 Å². The number of nitrogens with two attached hydrogens (primary N) is 2. The van der Waals surface area contributed by atoms with Crippen LogP contribution in [0.2, 0.25) is 0 Å². The van der Waals surface area contributed by atoms with Crippen LogP contribution in [0.5, 0.6) is 0 Å². The van der Waals surface area contributed by atoms with E-state index < -0.39 is 11.9 Å². The molecule has 1 heterocycles. The second kappa shape index (κ2) is 6.41. The summed E-state index contributed by atoms with van der Waals surface area (Å²) >= 11 is 0. The first kappa shape index (κ1) is 16.1. The zero-order valence-corrected chi connectivity index (χ0v) is 13.0. The molecule has 2 aromatic rings. The van der Waals surface area contributed by atoms with Gasteiger partial charge in [0.25, 0.3) is 0 Å². The standard InChI is InChI=1S/C18H18FN3O2/c19-12-7-5-11(6-8-12)14-9-15(20)18(24)22(10-17(21)23)16-4-2-1-3-13(14)16/h1-8,14-15H,9-10,20H2,(H2,21,23). The summed E-state index contributed by atoms with van der Waals surface area (Å²) in [5.41, 5.74) is 13.7. The summed E-state index contributed by atoms with van der Waals surface area (Å²) in [7, 11) is 0. The first-order valence-corrected chi connectivity index (χ1v) is 7.67. The lowest BCUT2D eigenvalue weighted by atomic mass is 9.86. The van der Waals surface area contributed by atoms with Gasteiger partial charge in [-0.25, -0.2) is 4.39 Å². The average Bonchev–Trinajstić information content (AvgIpc) is 2.66. The molecule has 1 aliphatic rings. The van der Waals surface area contributed by atoms with Gasteiger partial charge in [-0.1, -0.05) is 30.3 Å². The van der Waals surface area contributed by atoms with Gasteiger partial charge in [0.1, 0.15) is 12.4 Å². The van der Waals surface area contributed by atoms with E-state index in [1.807, 2.05) is 12.1 Å². The normalized spacial score (nSPS) is 20.4. The van der Waals surface area contributed by atoms with Crippen molar-refractivity contribution in [1.82, 2.24) is 0 Å². The zero-order chi connectivity index (χ0) is 17.3. The van der Waals surface area contributed by atoms with Crippen LogP contribution in [0, 0.1) is 5.82 Å². The Balaban J connectivity index is 2.12. The van der Waals surface area contributed by atoms with Crippen molar-refractivity contribution < 1.29 is 14.0 Å². The third-order valence-corrected chi connectivity index (χ3v) is 4.26. The quantitative estimate of drug-likeness (QED) is 0.895. The molecule has 24 heavy (non-hydrogen) atoms. The number of para-hydroxylation sites is 1. The Morgan fingerprint density at radius 2 is 1.83 bits per heavy atom. The van der Waals surface area contributed by atoms with Gasteiger partial charge in [-0.15, -0.1) is 0 Å². The molecule has 1 aliphatic heterocycles. The fourth-order valence-corrected chi connectivity index (χ4v) is 3.16. The Morgan fingerprint density at radius 3 is 2.50 bits per heavy atom. The number of primary amides is 1. The molecule has 4 N–H and O–H groups in total. The molecule has 6 heteroatoms. The number of halogens is 1. The Labute approximate surface area is 139 Å². The van der Waals surface area contributed by atoms with Crippen molar-refractivity contribution in [2.75, 3.05) is 11.4 Å². The van der Waals surface area contributed by atoms with Gasteiger partial charge in [0.2, 0.25) is 11.8 Å². The van der Waals surface area contributed by atoms with E-state index in [0.717, 1.165) is 11.1 Å². The number of amides is 2. The number of nitrogens with zero attached hydrogens (tertiary/aromatic N) is 1. The fourth-order valence-electron chi connectivity index (χ4n) is 3.16. The minimum Gasteiger partial charge on any atom is -0.368 e. The van der Waals surface area contributed by atoms with Gasteiger partial charge < -0.3 is 16.4 Å². The van der Waals surface area contributed by atoms with E-state index in [2.05, 4.69) is 0 Å². The molecule has 0 aromatic heterocycles. The van der Waals surface area contributed by atoms with E-state index in [1.165, 1.54) is 17.0 Å². The number of hydrogen-bond donors (Lipinski definition) is 2. The summed E-state index contributed by atoms with van der Waals surface area (Å²) < 4.78 is 13.2. The van der Waals surface area contributed by atoms with Crippen molar-refractivity contribution in [1.29, 1.82) is 0 Å². The molecule has 0 saturated heterocycles. The predicted molar refractivity (Wildman–Crippen MR) is 88.8 cm³/mol. The van der Waals surface area contributed by atoms with Crippen molar-refractivity contribution in [3.63, 3.8) is 0 Å². The molecule has 2 amide bonds. The SMILES string of the molecule is NC(=O)CN1C(=O)C(N)CC(c2ccc(F)cc2)c2ccccc21. The number of anilines is 1. The van der Waals surface area contributed by atoms with E-state index in [1.54, 1.807) is 24.3 Å². The number of rotatable bonds is 3. The van der Waals surface area contributed by atoms with Gasteiger partial charge in [-0.3, -0.25) is 9.59 Å². The van der Waals surface area contributed by atoms with Crippen LogP contribution in [0.15, 0.2) is 48.5 Å². The van der Waals surface area contributed by atoms with E-state index in [4.69, 9.17) is 11.5 Å². The molecular weight excluding hydrogens is 309 g/mol. The summed E-state index contributed by atoms with van der Waals surface area (Å²) in [6.07, 6.45) is 0.372. The van der Waals surface area contributed by atoms with Gasteiger partial charge in [0.15, 0.2) is 0 Å². The van der Waals surface area contributed by atoms with Crippen LogP contribution in [0.4, 0.5) is 10.1 Å². The minimum absolute atomic E-state index is 0.168. The van der Waals surface area contributed by atoms with E-state index >= 15 is 0 Å². The van der Waals surface area contributed by atoms with Gasteiger partial charge in [0, 0.05) is 11.6 Å². The first-order valence-electron chi connectivity index (χ1n) is 7.67. The molecule has 2 atom stereocenters. The number of fused-ring (bicyclic) bond motifs is 1. The predicted octanol–water partition coefficient (Wildman–Crippen LogP) is 1.51. The molecule has 0 aliphatic carbocycles. The number of carbonyl (C=O) groups is 2. The number of carbonyl (C=O) groups excluding carboxylic acids is 2. The van der Waals surface area contributed by atoms with Gasteiger partial charge in [-0.05, 0) is 35.7 Å². The van der Waals surface area contributed by atoms with Crippen molar-refractivity contribution in [2.45, 2.75) is 18.4 Å². The smallest absolute Gasteiger partial charge is 0.244 e. The second-order valence-corrected chi connectivity index (χ2v) is 5.90. The van der Waals surface area contributed by atoms with Crippen molar-refractivity contribution in [3.05, 3.63) is 65.5 Å². The average molecular weight is 327 g/mol. The van der Waals surface area contributed by atoms with Crippen molar-refractivity contribution in [2.24, 2.45) is 11.5 Å². The highest BCUT2D eigenvalue weighted by molar-refractivity contribution is 6.02. The summed E-state index contributed by atoms with van der Waals surface area (Å²) in [6, 6.07) is 12.7. The highest BCUT2D eigenvalue weighted by Gasteiger charge is 2.34. The lowest BCUT2D eigenvalue weighted by molar-refractivity contribution is -0.123. The van der Waals surface area contributed by atoms with Crippen molar-refractivity contribution in [3.8, 4) is 0 Å². The van der Waals surface area contributed by atoms with E-state index in [0.29, 0.717) is 12.1 Å². The molecule has 124 valence electrons. The van der Waals surface area contributed by atoms with Crippen LogP contribution < -0.4 is 16.4 Å². The molecule has 2 unspecified atom stereocenters. The molecule has 0 radical (unpaired) electrons. The summed E-state index contributed by atoms with van der Waals surface area (Å²) in [5, 5.41) is 0. The Kier molecular flexibility index (Phi) is 4.31. The van der Waals surface area contributed by atoms with Gasteiger partial charge >= 0.3 is 0 Å². The molecule has 2 aromatic carbocycles. The monoisotopic (exact) mass is 327 g/mol. The fraction of sp³-hybridized carbons (Fsp3) is 0.222. The van der Waals surface area contributed by atoms with E-state index in [9.17, 15) is 14.0 Å². The molecule has 5 nitrogen and oxygen atoms in total. The Hall–Kier alpha value is -2.73. The maximum Gasteiger partial charge on any atom is 0.244 e. The maximum atomic E-state index is 13.2. The number of hydrogen-bond acceptors (Lipinski definition) is 3. The number of benzene rings is 2. The van der Waals surface area contributed by atoms with Crippen LogP contribution in [-0.2, 0) is 9.59 Å². The lowest BCUT2D eigenvalue weighted by Crippen LogP contribution is -2.46. The topological polar surface area (TPSA) is 89.4 Å². The van der Waals surface area contributed by atoms with Crippen LogP contribution in [0.1, 0.15) is 23.5 Å². The molecule has 0 bridgehead atoms. The highest BCUT2D eigenvalue weighted by Crippen LogP contribution is 2.38. The molecule has 0 fully saturated rings. The summed E-state index contributed by atoms with van der Waals surface area (Å²) in [4.78, 5) is 25.3. The maximum absolute atomic E-state index is 13.2. The zero-order valence-electron chi connectivity index (χ0n) is 13.0. The van der Waals surface area contributed by atoms with Crippen LogP contribution >= 0.6 is 0 Å². The summed E-state index contributed by atoms with van der Waals surface area (Å²) in [5.74, 6) is -1.44. The third kappa shape index (κ3) is 3.00. The van der Waals surface area contributed by atoms with E-state index in [-0.39, 0.29) is 24.2 Å². The van der Waals surface area contributed by atoms with Crippen LogP contribution in [0.25, 0.3) is 0 Å². The highest BCUT2D eigenvalue weighted by atomic mass is 19.1. The Morgan fingerprint density at radius 1 is 1.17 bits per heavy atom. The first-order chi connectivity index (χ1) is 11.5. The van der Waals surface area contributed by atoms with Gasteiger partial charge in [-0.2, -0.15) is 0 Å². The second-order valence-electron chi connectivity index (χ2n) is 5.90. The largest absolute Gasteiger partial charge is 0.368 e. The third-order valence-electron chi connectivity index (χ3n) is 4.26. The molecule has 0 saturated carbocycles. The molecule has 3 rings (SSSR count).